The van der Waals surface area contributed by atoms with Crippen LogP contribution in [0.1, 0.15) is 30.5 Å². The molecule has 39 heavy (non-hydrogen) atoms. The van der Waals surface area contributed by atoms with Gasteiger partial charge in [0.25, 0.3) is 0 Å². The van der Waals surface area contributed by atoms with Gasteiger partial charge in [0.1, 0.15) is 24.4 Å². The summed E-state index contributed by atoms with van der Waals surface area (Å²) in [5.41, 5.74) is 0.769. The highest BCUT2D eigenvalue weighted by Gasteiger charge is 2.45. The minimum atomic E-state index is -4.59. The molecule has 0 radical (unpaired) electrons. The molecule has 4 rings (SSSR count). The third-order valence-corrected chi connectivity index (χ3v) is 8.65. The van der Waals surface area contributed by atoms with E-state index in [4.69, 9.17) is 9.47 Å². The van der Waals surface area contributed by atoms with Gasteiger partial charge >= 0.3 is 12.1 Å². The molecule has 3 heterocycles. The molecule has 0 aromatic carbocycles. The number of nitrogens with zero attached hydrogens (tertiary/aromatic N) is 4. The first kappa shape index (κ1) is 28.7. The standard InChI is InChI=1S/C27H33F3N4O4Si/c1-18-12-23(38-16-26(25(35)36)8-5-9-26)32-14-20(18)19-6-7-21(31-13-19)24-33-22(27(28,29)30)15-34(24)17-37-10-11-39(2,3)4/h6-7,12-15H,5,8-11,16-17H2,1-4H3,(H,35,36). The Morgan fingerprint density at radius 1 is 1.18 bits per heavy atom. The van der Waals surface area contributed by atoms with Crippen LogP contribution in [0.2, 0.25) is 25.7 Å². The molecule has 1 aliphatic rings. The second-order valence-corrected chi connectivity index (χ2v) is 16.9. The molecule has 3 aromatic rings. The number of alkyl halides is 3. The van der Waals surface area contributed by atoms with Crippen molar-refractivity contribution in [1.29, 1.82) is 0 Å². The Hall–Kier alpha value is -3.25. The lowest BCUT2D eigenvalue weighted by atomic mass is 9.69. The number of aryl methyl sites for hydroxylation is 1. The number of ether oxygens (including phenoxy) is 2. The molecule has 0 amide bonds. The molecule has 3 aromatic heterocycles. The lowest BCUT2D eigenvalue weighted by molar-refractivity contribution is -0.157. The number of halogens is 3. The van der Waals surface area contributed by atoms with Gasteiger partial charge in [0, 0.05) is 50.5 Å². The highest BCUT2D eigenvalue weighted by atomic mass is 28.3. The molecular formula is C27H33F3N4O4Si. The normalized spacial score (nSPS) is 15.2. The third-order valence-electron chi connectivity index (χ3n) is 6.94. The molecule has 210 valence electrons. The van der Waals surface area contributed by atoms with Crippen molar-refractivity contribution >= 4 is 14.0 Å². The quantitative estimate of drug-likeness (QED) is 0.217. The zero-order valence-electron chi connectivity index (χ0n) is 22.5. The fourth-order valence-corrected chi connectivity index (χ4v) is 4.99. The summed E-state index contributed by atoms with van der Waals surface area (Å²) in [6.45, 7) is 8.95. The summed E-state index contributed by atoms with van der Waals surface area (Å²) in [6.07, 6.45) is 1.58. The van der Waals surface area contributed by atoms with Crippen molar-refractivity contribution in [1.82, 2.24) is 19.5 Å². The van der Waals surface area contributed by atoms with Gasteiger partial charge in [0.15, 0.2) is 11.5 Å². The van der Waals surface area contributed by atoms with Gasteiger partial charge in [-0.25, -0.2) is 9.97 Å². The van der Waals surface area contributed by atoms with Crippen LogP contribution in [0.3, 0.4) is 0 Å². The van der Waals surface area contributed by atoms with Crippen molar-refractivity contribution in [3.8, 4) is 28.5 Å². The summed E-state index contributed by atoms with van der Waals surface area (Å²) in [5.74, 6) is -0.442. The first-order valence-corrected chi connectivity index (χ1v) is 16.5. The molecule has 1 N–H and O–H groups in total. The predicted molar refractivity (Wildman–Crippen MR) is 142 cm³/mol. The fraction of sp³-hybridized carbons (Fsp3) is 0.481. The van der Waals surface area contributed by atoms with Crippen LogP contribution in [0.15, 0.2) is 36.8 Å². The van der Waals surface area contributed by atoms with Crippen LogP contribution in [0, 0.1) is 12.3 Å². The van der Waals surface area contributed by atoms with Crippen LogP contribution in [-0.2, 0) is 22.4 Å². The number of aliphatic carboxylic acids is 1. The van der Waals surface area contributed by atoms with E-state index in [9.17, 15) is 23.1 Å². The number of aromatic nitrogens is 4. The van der Waals surface area contributed by atoms with E-state index >= 15 is 0 Å². The van der Waals surface area contributed by atoms with Gasteiger partial charge in [-0.15, -0.1) is 0 Å². The average molecular weight is 563 g/mol. The lowest BCUT2D eigenvalue weighted by Gasteiger charge is -2.36. The summed E-state index contributed by atoms with van der Waals surface area (Å²) < 4.78 is 52.9. The molecule has 1 fully saturated rings. The fourth-order valence-electron chi connectivity index (χ4n) is 4.23. The zero-order valence-corrected chi connectivity index (χ0v) is 23.5. The van der Waals surface area contributed by atoms with E-state index in [0.717, 1.165) is 35.4 Å². The highest BCUT2D eigenvalue weighted by Crippen LogP contribution is 2.41. The number of rotatable bonds is 11. The number of carboxylic acids is 1. The first-order chi connectivity index (χ1) is 18.3. The Balaban J connectivity index is 1.50. The van der Waals surface area contributed by atoms with Gasteiger partial charge in [-0.2, -0.15) is 13.2 Å². The van der Waals surface area contributed by atoms with Crippen molar-refractivity contribution in [3.63, 3.8) is 0 Å². The third kappa shape index (κ3) is 6.85. The van der Waals surface area contributed by atoms with Gasteiger partial charge in [-0.1, -0.05) is 32.1 Å². The van der Waals surface area contributed by atoms with Gasteiger partial charge in [-0.3, -0.25) is 9.78 Å². The largest absolute Gasteiger partial charge is 0.481 e. The summed E-state index contributed by atoms with van der Waals surface area (Å²) in [7, 11) is -1.34. The van der Waals surface area contributed by atoms with Crippen LogP contribution >= 0.6 is 0 Å². The molecule has 0 spiro atoms. The van der Waals surface area contributed by atoms with Crippen LogP contribution in [0.4, 0.5) is 13.2 Å². The number of carboxylic acid groups (broad SMARTS) is 1. The van der Waals surface area contributed by atoms with E-state index in [1.54, 1.807) is 30.6 Å². The van der Waals surface area contributed by atoms with Crippen molar-refractivity contribution in [2.24, 2.45) is 5.41 Å². The van der Waals surface area contributed by atoms with Crippen molar-refractivity contribution in [2.75, 3.05) is 13.2 Å². The Morgan fingerprint density at radius 3 is 2.46 bits per heavy atom. The van der Waals surface area contributed by atoms with Gasteiger partial charge in [0.2, 0.25) is 5.88 Å². The van der Waals surface area contributed by atoms with E-state index in [-0.39, 0.29) is 24.9 Å². The maximum absolute atomic E-state index is 13.4. The number of hydrogen-bond donors (Lipinski definition) is 1. The van der Waals surface area contributed by atoms with E-state index in [1.807, 2.05) is 6.92 Å². The van der Waals surface area contributed by atoms with E-state index in [0.29, 0.717) is 25.3 Å². The summed E-state index contributed by atoms with van der Waals surface area (Å²) in [5, 5.41) is 9.48. The Morgan fingerprint density at radius 2 is 1.92 bits per heavy atom. The number of hydrogen-bond acceptors (Lipinski definition) is 6. The second kappa shape index (κ2) is 11.1. The van der Waals surface area contributed by atoms with Crippen LogP contribution in [-0.4, -0.2) is 51.9 Å². The molecule has 0 atom stereocenters. The molecular weight excluding hydrogens is 529 g/mol. The smallest absolute Gasteiger partial charge is 0.434 e. The topological polar surface area (TPSA) is 99.4 Å². The Labute approximate surface area is 226 Å². The van der Waals surface area contributed by atoms with Crippen LogP contribution in [0.5, 0.6) is 5.88 Å². The highest BCUT2D eigenvalue weighted by molar-refractivity contribution is 6.76. The molecule has 8 nitrogen and oxygen atoms in total. The molecule has 0 saturated heterocycles. The van der Waals surface area contributed by atoms with Crippen molar-refractivity contribution in [2.45, 2.75) is 64.8 Å². The summed E-state index contributed by atoms with van der Waals surface area (Å²) in [6, 6.07) is 6.00. The molecule has 1 aliphatic carbocycles. The molecule has 0 unspecified atom stereocenters. The molecule has 1 saturated carbocycles. The van der Waals surface area contributed by atoms with Gasteiger partial charge in [-0.05, 0) is 37.4 Å². The SMILES string of the molecule is Cc1cc(OCC2(C(=O)O)CCC2)ncc1-c1ccc(-c2nc(C(F)(F)F)cn2COCC[Si](C)(C)C)nc1. The number of pyridine rings is 2. The molecule has 12 heteroatoms. The summed E-state index contributed by atoms with van der Waals surface area (Å²) in [4.78, 5) is 24.1. The Bertz CT molecular complexity index is 1320. The first-order valence-electron chi connectivity index (χ1n) is 12.8. The second-order valence-electron chi connectivity index (χ2n) is 11.3. The predicted octanol–water partition coefficient (Wildman–Crippen LogP) is 6.28. The number of imidazole rings is 1. The van der Waals surface area contributed by atoms with Crippen molar-refractivity contribution < 1.29 is 32.5 Å². The van der Waals surface area contributed by atoms with Crippen LogP contribution in [0.25, 0.3) is 22.6 Å². The molecule has 0 bridgehead atoms. The zero-order chi connectivity index (χ0) is 28.4. The maximum atomic E-state index is 13.4. The van der Waals surface area contributed by atoms with E-state index in [2.05, 4.69) is 34.6 Å². The monoisotopic (exact) mass is 562 g/mol. The van der Waals surface area contributed by atoms with E-state index < -0.39 is 31.3 Å². The van der Waals surface area contributed by atoms with Crippen LogP contribution < -0.4 is 4.74 Å². The maximum Gasteiger partial charge on any atom is 0.434 e. The minimum Gasteiger partial charge on any atom is -0.481 e. The number of carbonyl (C=O) groups is 1. The minimum absolute atomic E-state index is 0.0556. The summed E-state index contributed by atoms with van der Waals surface area (Å²) >= 11 is 0. The average Bonchev–Trinajstić information content (AvgIpc) is 3.25. The van der Waals surface area contributed by atoms with E-state index in [1.165, 1.54) is 4.57 Å². The Kier molecular flexibility index (Phi) is 8.17. The van der Waals surface area contributed by atoms with Gasteiger partial charge in [0.05, 0.1) is 0 Å². The lowest BCUT2D eigenvalue weighted by Crippen LogP contribution is -2.43. The van der Waals surface area contributed by atoms with Crippen molar-refractivity contribution in [3.05, 3.63) is 48.0 Å². The van der Waals surface area contributed by atoms with Gasteiger partial charge < -0.3 is 19.1 Å². The molecule has 0 aliphatic heterocycles.